The highest BCUT2D eigenvalue weighted by Crippen LogP contribution is 2.32. The van der Waals surface area contributed by atoms with E-state index in [1.54, 1.807) is 13.0 Å². The molecule has 0 saturated carbocycles. The first-order valence-corrected chi connectivity index (χ1v) is 9.01. The predicted molar refractivity (Wildman–Crippen MR) is 101 cm³/mol. The van der Waals surface area contributed by atoms with Gasteiger partial charge in [0.1, 0.15) is 5.56 Å². The number of halogens is 2. The molecule has 0 atom stereocenters. The van der Waals surface area contributed by atoms with Gasteiger partial charge in [-0.3, -0.25) is 4.79 Å². The second kappa shape index (κ2) is 8.96. The van der Waals surface area contributed by atoms with Gasteiger partial charge in [0.2, 0.25) is 5.88 Å². The van der Waals surface area contributed by atoms with E-state index in [0.717, 1.165) is 14.5 Å². The number of pyridine rings is 1. The zero-order valence-corrected chi connectivity index (χ0v) is 16.8. The van der Waals surface area contributed by atoms with Crippen LogP contribution in [0.25, 0.3) is 0 Å². The van der Waals surface area contributed by atoms with Gasteiger partial charge in [-0.25, -0.2) is 9.78 Å². The molecule has 6 nitrogen and oxygen atoms in total. The molecule has 2 aromatic rings. The smallest absolute Gasteiger partial charge is 0.344 e. The maximum Gasteiger partial charge on any atom is 0.344 e. The average Bonchev–Trinajstić information content (AvgIpc) is 2.56. The van der Waals surface area contributed by atoms with Gasteiger partial charge in [0.15, 0.2) is 6.61 Å². The van der Waals surface area contributed by atoms with Crippen molar-refractivity contribution in [3.63, 3.8) is 0 Å². The van der Waals surface area contributed by atoms with Gasteiger partial charge in [-0.1, -0.05) is 0 Å². The van der Waals surface area contributed by atoms with Gasteiger partial charge in [0.25, 0.3) is 5.91 Å². The quantitative estimate of drug-likeness (QED) is 0.641. The van der Waals surface area contributed by atoms with E-state index < -0.39 is 18.5 Å². The van der Waals surface area contributed by atoms with Crippen molar-refractivity contribution in [1.29, 1.82) is 0 Å². The Balaban J connectivity index is 2.00. The van der Waals surface area contributed by atoms with Crippen LogP contribution in [0, 0.1) is 6.92 Å². The second-order valence-electron chi connectivity index (χ2n) is 5.02. The molecule has 1 heterocycles. The van der Waals surface area contributed by atoms with E-state index in [9.17, 15) is 9.59 Å². The number of amides is 1. The second-order valence-corrected chi connectivity index (χ2v) is 6.73. The van der Waals surface area contributed by atoms with Crippen molar-refractivity contribution in [2.75, 3.05) is 18.5 Å². The number of carbonyl (C=O) groups is 2. The number of aromatic nitrogens is 1. The van der Waals surface area contributed by atoms with Crippen LogP contribution in [0.5, 0.6) is 5.88 Å². The number of aryl methyl sites for hydroxylation is 1. The van der Waals surface area contributed by atoms with Crippen molar-refractivity contribution in [3.8, 4) is 5.88 Å². The Bertz CT molecular complexity index is 773. The molecule has 1 aromatic heterocycles. The van der Waals surface area contributed by atoms with Gasteiger partial charge in [0.05, 0.1) is 12.3 Å². The summed E-state index contributed by atoms with van der Waals surface area (Å²) in [6, 6.07) is 6.87. The third-order valence-corrected chi connectivity index (χ3v) is 4.31. The van der Waals surface area contributed by atoms with Crippen molar-refractivity contribution in [2.45, 2.75) is 13.8 Å². The fourth-order valence-electron chi connectivity index (χ4n) is 2.00. The Morgan fingerprint density at radius 2 is 1.92 bits per heavy atom. The first-order valence-electron chi connectivity index (χ1n) is 7.42. The number of carbonyl (C=O) groups excluding carboxylic acids is 2. The first-order chi connectivity index (χ1) is 11.9. The van der Waals surface area contributed by atoms with Crippen LogP contribution in [-0.4, -0.2) is 30.1 Å². The number of benzene rings is 1. The fourth-order valence-corrected chi connectivity index (χ4v) is 3.62. The molecule has 0 spiro atoms. The highest BCUT2D eigenvalue weighted by molar-refractivity contribution is 9.11. The van der Waals surface area contributed by atoms with Gasteiger partial charge >= 0.3 is 5.97 Å². The summed E-state index contributed by atoms with van der Waals surface area (Å²) >= 11 is 6.79. The maximum atomic E-state index is 12.1. The van der Waals surface area contributed by atoms with E-state index in [2.05, 4.69) is 42.2 Å². The topological polar surface area (TPSA) is 77.5 Å². The fraction of sp³-hybridized carbons (Fsp3) is 0.235. The summed E-state index contributed by atoms with van der Waals surface area (Å²) in [6.45, 7) is 3.67. The summed E-state index contributed by atoms with van der Waals surface area (Å²) in [5.41, 5.74) is 1.78. The van der Waals surface area contributed by atoms with Crippen LogP contribution in [0.4, 0.5) is 5.69 Å². The number of nitrogens with zero attached hydrogens (tertiary/aromatic N) is 1. The number of nitrogens with one attached hydrogen (secondary N) is 1. The molecule has 8 heteroatoms. The standard InChI is InChI=1S/C17H16Br2N2O4/c1-3-24-16-11(5-4-6-20-16)17(23)25-9-14(22)21-15-12(18)7-10(2)8-13(15)19/h4-8H,3,9H2,1-2H3,(H,21,22). The predicted octanol–water partition coefficient (Wildman–Crippen LogP) is 4.11. The number of esters is 1. The molecule has 0 bridgehead atoms. The summed E-state index contributed by atoms with van der Waals surface area (Å²) in [5, 5.41) is 2.70. The number of rotatable bonds is 6. The van der Waals surface area contributed by atoms with E-state index in [0.29, 0.717) is 12.3 Å². The number of ether oxygens (including phenoxy) is 2. The molecular formula is C17H16Br2N2O4. The molecule has 0 radical (unpaired) electrons. The zero-order chi connectivity index (χ0) is 18.4. The third kappa shape index (κ3) is 5.27. The normalized spacial score (nSPS) is 10.2. The average molecular weight is 472 g/mol. The minimum atomic E-state index is -0.672. The van der Waals surface area contributed by atoms with Crippen LogP contribution in [0.15, 0.2) is 39.4 Å². The van der Waals surface area contributed by atoms with Crippen molar-refractivity contribution in [2.24, 2.45) is 0 Å². The lowest BCUT2D eigenvalue weighted by atomic mass is 10.2. The summed E-state index contributed by atoms with van der Waals surface area (Å²) in [7, 11) is 0. The lowest BCUT2D eigenvalue weighted by Gasteiger charge is -2.12. The minimum absolute atomic E-state index is 0.176. The Hall–Kier alpha value is -1.93. The maximum absolute atomic E-state index is 12.1. The third-order valence-electron chi connectivity index (χ3n) is 3.06. The molecule has 25 heavy (non-hydrogen) atoms. The highest BCUT2D eigenvalue weighted by atomic mass is 79.9. The number of anilines is 1. The molecule has 0 fully saturated rings. The van der Waals surface area contributed by atoms with Crippen LogP contribution >= 0.6 is 31.9 Å². The van der Waals surface area contributed by atoms with Gasteiger partial charge in [-0.15, -0.1) is 0 Å². The molecule has 2 rings (SSSR count). The van der Waals surface area contributed by atoms with Crippen LogP contribution < -0.4 is 10.1 Å². The van der Waals surface area contributed by atoms with Crippen LogP contribution in [0.2, 0.25) is 0 Å². The zero-order valence-electron chi connectivity index (χ0n) is 13.6. The van der Waals surface area contributed by atoms with Gasteiger partial charge < -0.3 is 14.8 Å². The Morgan fingerprint density at radius 1 is 1.24 bits per heavy atom. The molecule has 0 saturated heterocycles. The molecule has 1 aromatic carbocycles. The SMILES string of the molecule is CCOc1ncccc1C(=O)OCC(=O)Nc1c(Br)cc(C)cc1Br. The molecule has 0 aliphatic rings. The van der Waals surface area contributed by atoms with Gasteiger partial charge in [-0.2, -0.15) is 0 Å². The van der Waals surface area contributed by atoms with Crippen LogP contribution in [0.1, 0.15) is 22.8 Å². The molecule has 1 N–H and O–H groups in total. The van der Waals surface area contributed by atoms with Gasteiger partial charge in [0, 0.05) is 15.1 Å². The van der Waals surface area contributed by atoms with Crippen molar-refractivity contribution in [1.82, 2.24) is 4.98 Å². The Labute approximate surface area is 162 Å². The lowest BCUT2D eigenvalue weighted by molar-refractivity contribution is -0.119. The summed E-state index contributed by atoms with van der Waals surface area (Å²) < 4.78 is 11.8. The molecule has 132 valence electrons. The molecule has 0 unspecified atom stereocenters. The van der Waals surface area contributed by atoms with E-state index >= 15 is 0 Å². The van der Waals surface area contributed by atoms with E-state index in [4.69, 9.17) is 9.47 Å². The highest BCUT2D eigenvalue weighted by Gasteiger charge is 2.17. The molecule has 0 aliphatic heterocycles. The van der Waals surface area contributed by atoms with Gasteiger partial charge in [-0.05, 0) is 75.5 Å². The van der Waals surface area contributed by atoms with Crippen molar-refractivity contribution in [3.05, 3.63) is 50.5 Å². The molecular weight excluding hydrogens is 456 g/mol. The Morgan fingerprint density at radius 3 is 2.56 bits per heavy atom. The van der Waals surface area contributed by atoms with Crippen LogP contribution in [0.3, 0.4) is 0 Å². The number of hydrogen-bond donors (Lipinski definition) is 1. The van der Waals surface area contributed by atoms with Crippen LogP contribution in [-0.2, 0) is 9.53 Å². The number of hydrogen-bond acceptors (Lipinski definition) is 5. The van der Waals surface area contributed by atoms with E-state index in [1.807, 2.05) is 19.1 Å². The molecule has 0 aliphatic carbocycles. The van der Waals surface area contributed by atoms with E-state index in [1.165, 1.54) is 12.3 Å². The summed E-state index contributed by atoms with van der Waals surface area (Å²) in [6.07, 6.45) is 1.51. The first kappa shape index (κ1) is 19.4. The molecule has 1 amide bonds. The summed E-state index contributed by atoms with van der Waals surface area (Å²) in [4.78, 5) is 28.2. The largest absolute Gasteiger partial charge is 0.477 e. The van der Waals surface area contributed by atoms with Crippen molar-refractivity contribution < 1.29 is 19.1 Å². The van der Waals surface area contributed by atoms with E-state index in [-0.39, 0.29) is 11.4 Å². The lowest BCUT2D eigenvalue weighted by Crippen LogP contribution is -2.21. The summed E-state index contributed by atoms with van der Waals surface area (Å²) in [5.74, 6) is -0.950. The minimum Gasteiger partial charge on any atom is -0.477 e. The monoisotopic (exact) mass is 470 g/mol. The Kier molecular flexibility index (Phi) is 6.95. The van der Waals surface area contributed by atoms with Crippen molar-refractivity contribution >= 4 is 49.4 Å².